The van der Waals surface area contributed by atoms with Gasteiger partial charge in [0.2, 0.25) is 29.5 Å². The Kier molecular flexibility index (Phi) is 54.9. The molecule has 0 saturated heterocycles. The van der Waals surface area contributed by atoms with E-state index in [0.29, 0.717) is 99.3 Å². The van der Waals surface area contributed by atoms with Crippen molar-refractivity contribution in [3.63, 3.8) is 0 Å². The first-order chi connectivity index (χ1) is 70.6. The quantitative estimate of drug-likeness (QED) is 0.0239. The van der Waals surface area contributed by atoms with Gasteiger partial charge in [-0.05, 0) is 94.5 Å². The summed E-state index contributed by atoms with van der Waals surface area (Å²) in [5.41, 5.74) is 16.1. The minimum absolute atomic E-state index is 0. The second-order valence-corrected chi connectivity index (χ2v) is 32.4. The number of carbonyl (C=O) groups is 15. The number of nitrogens with two attached hydrogens (primary N) is 1. The number of nitrogens with zero attached hydrogens (tertiary/aromatic N) is 7. The Labute approximate surface area is 1010 Å². The van der Waals surface area contributed by atoms with E-state index >= 15 is 0 Å². The molecule has 0 bridgehead atoms. The van der Waals surface area contributed by atoms with Crippen molar-refractivity contribution in [1.82, 2.24) is 36.7 Å². The molecule has 5 aliphatic rings. The molecule has 39 nitrogen and oxygen atoms in total. The predicted molar refractivity (Wildman–Crippen MR) is 537 cm³/mol. The van der Waals surface area contributed by atoms with E-state index < -0.39 is 66.2 Å². The van der Waals surface area contributed by atoms with Gasteiger partial charge in [-0.25, -0.2) is 9.59 Å². The molecular weight excluding hydrogens is 2180 g/mol. The van der Waals surface area contributed by atoms with Gasteiger partial charge in [0.15, 0.2) is 34.5 Å². The summed E-state index contributed by atoms with van der Waals surface area (Å²) in [6, 6.07) is 82.6. The number of ether oxygens (including phenoxy) is 3. The number of aliphatic hydroxyl groups is 3. The molecule has 43 heteroatoms. The molecule has 6 atom stereocenters. The predicted octanol–water partition coefficient (Wildman–Crippen LogP) is 1.38. The maximum Gasteiger partial charge on any atom is 1.00 e. The van der Waals surface area contributed by atoms with Crippen molar-refractivity contribution in [3.8, 4) is 5.88 Å². The maximum absolute atomic E-state index is 12.8. The van der Waals surface area contributed by atoms with E-state index in [9.17, 15) is 72.2 Å². The molecule has 763 valence electrons. The van der Waals surface area contributed by atoms with Crippen molar-refractivity contribution in [3.05, 3.63) is 375 Å². The van der Waals surface area contributed by atoms with Gasteiger partial charge in [-0.2, -0.15) is 0 Å². The van der Waals surface area contributed by atoms with E-state index in [1.165, 1.54) is 19.6 Å². The average Bonchev–Trinajstić information content (AvgIpc) is 1.66. The molecule has 9 amide bonds. The smallest absolute Gasteiger partial charge is 1.00 e. The molecule has 0 spiro atoms. The Morgan fingerprint density at radius 3 is 1.17 bits per heavy atom. The number of nitrogens with one attached hydrogen (secondary N) is 5. The van der Waals surface area contributed by atoms with Crippen LogP contribution in [-0.2, 0) is 80.4 Å². The van der Waals surface area contributed by atoms with Gasteiger partial charge in [-0.1, -0.05) is 229 Å². The Morgan fingerprint density at radius 1 is 0.433 bits per heavy atom. The number of aromatic nitrogens is 3. The molecule has 150 heavy (non-hydrogen) atoms. The minimum atomic E-state index is -0.971. The van der Waals surface area contributed by atoms with Gasteiger partial charge in [-0.3, -0.25) is 62.3 Å². The number of Topliss-reactive ketones (excluding diaryl/α,β-unsaturated/α-hetero) is 4. The number of alkyl carbamates (subject to hydrolysis) is 2. The number of hydrogen-bond acceptors (Lipinski definition) is 30. The molecule has 8 heterocycles. The van der Waals surface area contributed by atoms with Crippen LogP contribution in [0.3, 0.4) is 0 Å². The van der Waals surface area contributed by atoms with Crippen LogP contribution in [0.25, 0.3) is 0 Å². The molecule has 10 N–H and O–H groups in total. The molecule has 13 aromatic rings. The first kappa shape index (κ1) is 126. The molecule has 10 aromatic carbocycles. The summed E-state index contributed by atoms with van der Waals surface area (Å²) in [6.07, 6.45) is -0.828. The number of rotatable bonds is 19. The van der Waals surface area contributed by atoms with E-state index in [4.69, 9.17) is 49.0 Å². The Balaban J connectivity index is 0.000000375. The number of carbonyl (C=O) groups excluding carboxylic acids is 15. The number of para-hydroxylation sites is 5. The standard InChI is InChI=1S/C22H21N3O4.C22H19N3O4.C19H18N2O4.C18H16N2O4.C11H12N2O2.C11H9NO3.C2H6O.CH2O3.CH4O.B.2Cs.Na.2H/c2*1-25-19-10-6-5-9-16(19)20(26)13-18(22(25)28)23-21(27)17-12-15(29-24-17)11-14-7-3-2-4-8-14;1-21-16-10-6-5-9-14(16)17(22)11-15(18(21)23)20-19(24)25-12-13-7-3-2-4-8-13;21-16-10-15(17(22)19-14-9-5-4-8-13(14)16)20-18(23)24-11-12-6-2-1-3-7-12;1-13-9-5-3-2-4-7(9)10(14)6-8(12)11(13)15;13-8-14-11-7-10(15-12-11)6-9-4-2-1-3-5-9;1-2-3;2-1-4-3;1-2;;;;;;/h2-10,12,18,20,26H,11,13H2,1H3,(H,23,27);2-10,12,18H,11,13H2,1H3,(H,23,27);2-10,15H,11-12H2,1H3,(H,20,24);1-9,15H,10-11H2,(H,19,22)(H,20,23);2-5,8H,6,12H2,1H3;1-5,7-8H,6H2;3H,2H2,1H3;1,3H;2H,1H3;;;;;;/q;;;;;;;;;;3*+1;2*-1/p-1. The fourth-order valence-electron chi connectivity index (χ4n) is 15.2. The zero-order valence-electron chi connectivity index (χ0n) is 85.6. The van der Waals surface area contributed by atoms with Crippen molar-refractivity contribution in [1.29, 1.82) is 0 Å². The molecule has 3 radical (unpaired) electrons. The first-order valence-electron chi connectivity index (χ1n) is 45.4. The molecule has 0 aliphatic carbocycles. The van der Waals surface area contributed by atoms with Crippen molar-refractivity contribution >= 4 is 126 Å². The summed E-state index contributed by atoms with van der Waals surface area (Å²) < 4.78 is 30.3. The van der Waals surface area contributed by atoms with Crippen molar-refractivity contribution in [2.75, 3.05) is 66.8 Å². The second kappa shape index (κ2) is 65.4. The van der Waals surface area contributed by atoms with Crippen molar-refractivity contribution < 1.29 is 295 Å². The third-order valence-corrected chi connectivity index (χ3v) is 22.3. The molecule has 3 aromatic heterocycles. The summed E-state index contributed by atoms with van der Waals surface area (Å²) in [5, 5.41) is 57.7. The van der Waals surface area contributed by atoms with E-state index in [-0.39, 0.29) is 301 Å². The van der Waals surface area contributed by atoms with Crippen LogP contribution in [0.15, 0.2) is 305 Å². The normalized spacial score (nSPS) is 15.7. The fraction of sp³-hybridized carbons (Fsp3) is 0.215. The van der Waals surface area contributed by atoms with E-state index in [1.807, 2.05) is 158 Å². The van der Waals surface area contributed by atoms with E-state index in [0.717, 1.165) is 34.9 Å². The zero-order valence-corrected chi connectivity index (χ0v) is 98.2. The number of benzene rings is 10. The Morgan fingerprint density at radius 2 is 0.747 bits per heavy atom. The third kappa shape index (κ3) is 37.4. The number of fused-ring (bicyclic) bond motifs is 5. The molecule has 0 saturated carbocycles. The zero-order chi connectivity index (χ0) is 105. The van der Waals surface area contributed by atoms with Gasteiger partial charge >= 0.3 is 180 Å². The number of amides is 9. The SMILES string of the molecule is CCO.CN1C(=O)C(N)CC(=O)c2ccccc21.CN1C(=O)C(NC(=O)OCc2ccccc2)CC(=O)c2ccccc21.CN1C(=O)C(NC(=O)c2cc(Cc3ccccc3)on2)CC(=O)c2ccccc21.CN1C(=O)C(NC(=O)c2cc(Cc3ccccc3)on2)CC(O)c2ccccc21.CO.O=C(NC1CC(=O)c2ccccc2NC1=O)OCc1ccccc1.O=CO[O-].O=COc1cc(Cc2ccccc2)on1.[B].[Cs+].[Cs+].[H-].[H-].[Na+]. The monoisotopic (exact) mass is 2290 g/mol. The van der Waals surface area contributed by atoms with Crippen LogP contribution < -0.4 is 229 Å². The minimum Gasteiger partial charge on any atom is -1.00 e. The number of likely N-dealkylation sites (N-methyl/N-ethyl adjacent to an activating group) is 4. The van der Waals surface area contributed by atoms with Crippen LogP contribution in [0.4, 0.5) is 38.0 Å². The molecule has 18 rings (SSSR count). The summed E-state index contributed by atoms with van der Waals surface area (Å²) >= 11 is 0. The van der Waals surface area contributed by atoms with Crippen LogP contribution >= 0.6 is 0 Å². The van der Waals surface area contributed by atoms with Gasteiger partial charge in [-0.15, -0.1) is 0 Å². The van der Waals surface area contributed by atoms with Crippen LogP contribution in [0, 0.1) is 0 Å². The fourth-order valence-corrected chi connectivity index (χ4v) is 15.2. The summed E-state index contributed by atoms with van der Waals surface area (Å²) in [5.74, 6) is -1.46. The first-order valence-corrected chi connectivity index (χ1v) is 45.4. The van der Waals surface area contributed by atoms with Crippen molar-refractivity contribution in [2.24, 2.45) is 5.73 Å². The van der Waals surface area contributed by atoms with Gasteiger partial charge in [0, 0.05) is 153 Å². The number of anilines is 5. The summed E-state index contributed by atoms with van der Waals surface area (Å²) in [6.45, 7) is 2.26. The van der Waals surface area contributed by atoms with E-state index in [1.54, 1.807) is 169 Å². The number of hydrogen-bond donors (Lipinski definition) is 9. The molecule has 6 unspecified atom stereocenters. The van der Waals surface area contributed by atoms with Crippen LogP contribution in [0.1, 0.15) is 161 Å². The van der Waals surface area contributed by atoms with Gasteiger partial charge < -0.3 is 108 Å². The van der Waals surface area contributed by atoms with Crippen LogP contribution in [0.2, 0.25) is 0 Å². The Bertz CT molecular complexity index is 6680. The van der Waals surface area contributed by atoms with Crippen LogP contribution in [-0.4, -0.2) is 201 Å². The topological polar surface area (TPSA) is 554 Å². The van der Waals surface area contributed by atoms with Crippen LogP contribution in [0.5, 0.6) is 5.88 Å². The Hall–Kier alpha value is -12.8. The summed E-state index contributed by atoms with van der Waals surface area (Å²) in [4.78, 5) is 187. The van der Waals surface area contributed by atoms with Gasteiger partial charge in [0.25, 0.3) is 30.6 Å². The maximum atomic E-state index is 12.8. The van der Waals surface area contributed by atoms with E-state index in [2.05, 4.69) is 51.7 Å². The van der Waals surface area contributed by atoms with Gasteiger partial charge in [0.1, 0.15) is 54.7 Å². The molecule has 0 fully saturated rings. The number of ketones is 4. The summed E-state index contributed by atoms with van der Waals surface area (Å²) in [7, 11) is 7.45. The van der Waals surface area contributed by atoms with Crippen molar-refractivity contribution in [2.45, 2.75) is 108 Å². The molecular formula is C107H108BCs2N13NaO26. The second-order valence-electron chi connectivity index (χ2n) is 32.4. The largest absolute Gasteiger partial charge is 1.00 e. The third-order valence-electron chi connectivity index (χ3n) is 22.3. The average molecular weight is 2290 g/mol. The molecule has 5 aliphatic heterocycles. The number of aliphatic hydroxyl groups excluding tert-OH is 3. The van der Waals surface area contributed by atoms with Gasteiger partial charge in [0.05, 0.1) is 34.9 Å².